The molecular formula is C14H15F3N4O2. The lowest BCUT2D eigenvalue weighted by Crippen LogP contribution is -2.34. The molecule has 0 aliphatic heterocycles. The minimum atomic E-state index is -4.67. The Bertz CT molecular complexity index is 846. The zero-order chi connectivity index (χ0) is 16.9. The zero-order valence-corrected chi connectivity index (χ0v) is 12.6. The minimum absolute atomic E-state index is 0.0819. The number of alkyl halides is 3. The van der Waals surface area contributed by atoms with Crippen molar-refractivity contribution in [3.05, 3.63) is 27.7 Å². The Balaban J connectivity index is 2.13. The molecule has 2 aromatic heterocycles. The van der Waals surface area contributed by atoms with E-state index in [2.05, 4.69) is 10.3 Å². The molecular weight excluding hydrogens is 313 g/mol. The largest absolute Gasteiger partial charge is 0.417 e. The number of nitrogens with zero attached hydrogens (tertiary/aromatic N) is 3. The van der Waals surface area contributed by atoms with E-state index in [1.165, 1.54) is 18.7 Å². The average Bonchev–Trinajstić information content (AvgIpc) is 3.21. The first-order valence-electron chi connectivity index (χ1n) is 7.12. The number of hydrogen-bond acceptors (Lipinski definition) is 3. The van der Waals surface area contributed by atoms with Crippen LogP contribution in [0.3, 0.4) is 0 Å². The van der Waals surface area contributed by atoms with E-state index in [1.54, 1.807) is 0 Å². The van der Waals surface area contributed by atoms with Gasteiger partial charge in [-0.25, -0.2) is 9.67 Å². The second-order valence-corrected chi connectivity index (χ2v) is 5.74. The first kappa shape index (κ1) is 15.6. The van der Waals surface area contributed by atoms with Crippen LogP contribution >= 0.6 is 0 Å². The lowest BCUT2D eigenvalue weighted by molar-refractivity contribution is -0.136. The highest BCUT2D eigenvalue weighted by atomic mass is 19.4. The van der Waals surface area contributed by atoms with Gasteiger partial charge in [0.1, 0.15) is 6.54 Å². The fourth-order valence-corrected chi connectivity index (χ4v) is 2.52. The maximum Gasteiger partial charge on any atom is 0.417 e. The van der Waals surface area contributed by atoms with Gasteiger partial charge in [-0.2, -0.15) is 13.2 Å². The number of aryl methyl sites for hydroxylation is 2. The van der Waals surface area contributed by atoms with Crippen molar-refractivity contribution in [2.45, 2.75) is 38.5 Å². The third kappa shape index (κ3) is 2.82. The topological polar surface area (TPSA) is 68.9 Å². The third-order valence-electron chi connectivity index (χ3n) is 3.79. The molecule has 9 heteroatoms. The van der Waals surface area contributed by atoms with Crippen LogP contribution in [0.4, 0.5) is 13.2 Å². The van der Waals surface area contributed by atoms with Gasteiger partial charge in [-0.3, -0.25) is 14.3 Å². The summed E-state index contributed by atoms with van der Waals surface area (Å²) in [7, 11) is 1.42. The van der Waals surface area contributed by atoms with Crippen molar-refractivity contribution in [2.75, 3.05) is 0 Å². The van der Waals surface area contributed by atoms with Gasteiger partial charge in [0.05, 0.1) is 10.9 Å². The Labute approximate surface area is 128 Å². The molecule has 1 aliphatic rings. The number of pyridine rings is 1. The van der Waals surface area contributed by atoms with Gasteiger partial charge in [-0.05, 0) is 25.8 Å². The number of amides is 1. The predicted octanol–water partition coefficient (Wildman–Crippen LogP) is 1.34. The highest BCUT2D eigenvalue weighted by Crippen LogP contribution is 2.33. The summed E-state index contributed by atoms with van der Waals surface area (Å²) in [6, 6.07) is 0.956. The normalized spacial score (nSPS) is 15.2. The number of carbonyl (C=O) groups excluding carboxylic acids is 1. The quantitative estimate of drug-likeness (QED) is 0.924. The molecule has 0 bridgehead atoms. The van der Waals surface area contributed by atoms with E-state index in [4.69, 9.17) is 0 Å². The Morgan fingerprint density at radius 2 is 2.09 bits per heavy atom. The van der Waals surface area contributed by atoms with Crippen LogP contribution in [0.1, 0.15) is 24.1 Å². The summed E-state index contributed by atoms with van der Waals surface area (Å²) in [5.41, 5.74) is -1.82. The Kier molecular flexibility index (Phi) is 3.46. The fraction of sp³-hybridized carbons (Fsp3) is 0.500. The monoisotopic (exact) mass is 328 g/mol. The summed E-state index contributed by atoms with van der Waals surface area (Å²) < 4.78 is 41.8. The van der Waals surface area contributed by atoms with E-state index in [1.807, 2.05) is 0 Å². The van der Waals surface area contributed by atoms with E-state index in [-0.39, 0.29) is 23.9 Å². The maximum atomic E-state index is 13.2. The first-order chi connectivity index (χ1) is 10.7. The number of carbonyl (C=O) groups is 1. The van der Waals surface area contributed by atoms with E-state index in [0.29, 0.717) is 0 Å². The molecule has 1 fully saturated rings. The molecule has 0 unspecified atom stereocenters. The van der Waals surface area contributed by atoms with Crippen molar-refractivity contribution in [2.24, 2.45) is 7.05 Å². The molecule has 1 saturated carbocycles. The number of fused-ring (bicyclic) bond motifs is 1. The Morgan fingerprint density at radius 1 is 1.43 bits per heavy atom. The molecule has 1 amide bonds. The van der Waals surface area contributed by atoms with Crippen LogP contribution in [0.25, 0.3) is 11.0 Å². The summed E-state index contributed by atoms with van der Waals surface area (Å²) in [6.07, 6.45) is -2.90. The molecule has 0 aromatic carbocycles. The van der Waals surface area contributed by atoms with Gasteiger partial charge in [0.2, 0.25) is 5.91 Å². The van der Waals surface area contributed by atoms with E-state index in [9.17, 15) is 22.8 Å². The van der Waals surface area contributed by atoms with Gasteiger partial charge in [-0.1, -0.05) is 0 Å². The standard InChI is InChI=1S/C14H15F3N4O2/c1-7-5-9(14(15,16)17)11-12(18-7)20(2)21(13(11)23)6-10(22)19-8-3-4-8/h5,8H,3-4,6H2,1-2H3,(H,19,22). The van der Waals surface area contributed by atoms with E-state index < -0.39 is 28.6 Å². The summed E-state index contributed by atoms with van der Waals surface area (Å²) in [4.78, 5) is 28.3. The number of hydrogen-bond donors (Lipinski definition) is 1. The van der Waals surface area contributed by atoms with Crippen molar-refractivity contribution in [1.29, 1.82) is 0 Å². The smallest absolute Gasteiger partial charge is 0.352 e. The number of aromatic nitrogens is 3. The fourth-order valence-electron chi connectivity index (χ4n) is 2.52. The molecule has 2 aromatic rings. The summed E-state index contributed by atoms with van der Waals surface area (Å²) >= 11 is 0. The first-order valence-corrected chi connectivity index (χ1v) is 7.12. The lowest BCUT2D eigenvalue weighted by atomic mass is 10.1. The van der Waals surface area contributed by atoms with Crippen molar-refractivity contribution in [3.63, 3.8) is 0 Å². The highest BCUT2D eigenvalue weighted by Gasteiger charge is 2.36. The van der Waals surface area contributed by atoms with Crippen LogP contribution in [-0.2, 0) is 24.6 Å². The SMILES string of the molecule is Cc1cc(C(F)(F)F)c2c(=O)n(CC(=O)NC3CC3)n(C)c2n1. The lowest BCUT2D eigenvalue weighted by Gasteiger charge is -2.08. The van der Waals surface area contributed by atoms with E-state index >= 15 is 0 Å². The van der Waals surface area contributed by atoms with Crippen LogP contribution in [-0.4, -0.2) is 26.3 Å². The number of halogens is 3. The van der Waals surface area contributed by atoms with Gasteiger partial charge in [0.15, 0.2) is 5.65 Å². The molecule has 23 heavy (non-hydrogen) atoms. The molecule has 124 valence electrons. The molecule has 6 nitrogen and oxygen atoms in total. The van der Waals surface area contributed by atoms with Crippen molar-refractivity contribution >= 4 is 16.9 Å². The van der Waals surface area contributed by atoms with Gasteiger partial charge in [-0.15, -0.1) is 0 Å². The third-order valence-corrected chi connectivity index (χ3v) is 3.79. The molecule has 0 atom stereocenters. The summed E-state index contributed by atoms with van der Waals surface area (Å²) in [5, 5.41) is 2.19. The molecule has 0 saturated heterocycles. The molecule has 2 heterocycles. The van der Waals surface area contributed by atoms with Gasteiger partial charge < -0.3 is 5.32 Å². The van der Waals surface area contributed by atoms with Crippen LogP contribution in [0, 0.1) is 6.92 Å². The van der Waals surface area contributed by atoms with Crippen molar-refractivity contribution in [3.8, 4) is 0 Å². The number of nitrogens with one attached hydrogen (secondary N) is 1. The summed E-state index contributed by atoms with van der Waals surface area (Å²) in [6.45, 7) is 1.09. The second-order valence-electron chi connectivity index (χ2n) is 5.74. The van der Waals surface area contributed by atoms with Crippen LogP contribution in [0.15, 0.2) is 10.9 Å². The summed E-state index contributed by atoms with van der Waals surface area (Å²) in [5.74, 6) is -0.397. The predicted molar refractivity (Wildman–Crippen MR) is 75.9 cm³/mol. The van der Waals surface area contributed by atoms with Crippen LogP contribution in [0.5, 0.6) is 0 Å². The Morgan fingerprint density at radius 3 is 2.65 bits per heavy atom. The number of rotatable bonds is 3. The Hall–Kier alpha value is -2.32. The van der Waals surface area contributed by atoms with Crippen molar-refractivity contribution in [1.82, 2.24) is 19.7 Å². The minimum Gasteiger partial charge on any atom is -0.352 e. The molecule has 1 aliphatic carbocycles. The van der Waals surface area contributed by atoms with Crippen molar-refractivity contribution < 1.29 is 18.0 Å². The average molecular weight is 328 g/mol. The molecule has 1 N–H and O–H groups in total. The van der Waals surface area contributed by atoms with Crippen LogP contribution < -0.4 is 10.9 Å². The van der Waals surface area contributed by atoms with Crippen LogP contribution in [0.2, 0.25) is 0 Å². The van der Waals surface area contributed by atoms with Gasteiger partial charge in [0.25, 0.3) is 5.56 Å². The van der Waals surface area contributed by atoms with Gasteiger partial charge in [0, 0.05) is 18.8 Å². The molecule has 3 rings (SSSR count). The van der Waals surface area contributed by atoms with E-state index in [0.717, 1.165) is 23.6 Å². The maximum absolute atomic E-state index is 13.2. The van der Waals surface area contributed by atoms with Gasteiger partial charge >= 0.3 is 6.18 Å². The highest BCUT2D eigenvalue weighted by molar-refractivity contribution is 5.81. The second kappa shape index (κ2) is 5.10. The zero-order valence-electron chi connectivity index (χ0n) is 12.6. The molecule has 0 radical (unpaired) electrons. The molecule has 0 spiro atoms.